The molecule has 1 aromatic rings. The highest BCUT2D eigenvalue weighted by Gasteiger charge is 2.13. The Labute approximate surface area is 117 Å². The summed E-state index contributed by atoms with van der Waals surface area (Å²) in [6.45, 7) is 7.72. The topological polar surface area (TPSA) is 21.3 Å². The van der Waals surface area contributed by atoms with Gasteiger partial charge in [-0.3, -0.25) is 0 Å². The third-order valence-electron chi connectivity index (χ3n) is 2.40. The van der Waals surface area contributed by atoms with Gasteiger partial charge in [0, 0.05) is 0 Å². The van der Waals surface area contributed by atoms with Crippen molar-refractivity contribution in [2.24, 2.45) is 0 Å². The number of halogens is 1. The molecule has 0 unspecified atom stereocenters. The molecule has 2 nitrogen and oxygen atoms in total. The fraction of sp³-hybridized carbons (Fsp3) is 0.467. The lowest BCUT2D eigenvalue weighted by Gasteiger charge is -2.19. The third kappa shape index (κ3) is 5.95. The Morgan fingerprint density at radius 2 is 1.94 bits per heavy atom. The molecule has 0 bridgehead atoms. The minimum absolute atomic E-state index is 0. The van der Waals surface area contributed by atoms with E-state index >= 15 is 0 Å². The van der Waals surface area contributed by atoms with Gasteiger partial charge in [0.05, 0.1) is 6.54 Å². The summed E-state index contributed by atoms with van der Waals surface area (Å²) >= 11 is 0. The highest BCUT2D eigenvalue weighted by atomic mass is 35.5. The van der Waals surface area contributed by atoms with Crippen molar-refractivity contribution in [3.05, 3.63) is 29.8 Å². The van der Waals surface area contributed by atoms with E-state index in [9.17, 15) is 0 Å². The zero-order valence-electron chi connectivity index (χ0n) is 11.5. The van der Waals surface area contributed by atoms with Crippen LogP contribution in [0.4, 0.5) is 0 Å². The second-order valence-electron chi connectivity index (χ2n) is 4.95. The van der Waals surface area contributed by atoms with Crippen LogP contribution in [0.1, 0.15) is 26.3 Å². The van der Waals surface area contributed by atoms with Crippen LogP contribution in [0.25, 0.3) is 0 Å². The van der Waals surface area contributed by atoms with Gasteiger partial charge in [-0.2, -0.15) is 0 Å². The van der Waals surface area contributed by atoms with E-state index in [1.54, 1.807) is 0 Å². The average molecular weight is 268 g/mol. The summed E-state index contributed by atoms with van der Waals surface area (Å²) in [4.78, 5) is 0. The Hall–Kier alpha value is -1.17. The molecular weight excluding hydrogens is 246 g/mol. The van der Waals surface area contributed by atoms with Gasteiger partial charge in [0.1, 0.15) is 12.4 Å². The molecule has 3 heteroatoms. The summed E-state index contributed by atoms with van der Waals surface area (Å²) in [6, 6.07) is 8.20. The molecule has 1 aromatic carbocycles. The summed E-state index contributed by atoms with van der Waals surface area (Å²) in [7, 11) is 1.88. The fourth-order valence-corrected chi connectivity index (χ4v) is 1.37. The minimum Gasteiger partial charge on any atom is -0.481 e. The van der Waals surface area contributed by atoms with Crippen LogP contribution in [0.5, 0.6) is 5.75 Å². The molecule has 0 fully saturated rings. The number of ether oxygens (including phenoxy) is 1. The Bertz CT molecular complexity index is 412. The standard InChI is InChI=1S/C15H21NO.ClH/c1-15(2,3)13-8-7-9-14(12-13)17-11-6-5-10-16-4;/h7-9,12,16H,10-11H2,1-4H3;1H. The van der Waals surface area contributed by atoms with Gasteiger partial charge < -0.3 is 10.1 Å². The minimum atomic E-state index is 0. The van der Waals surface area contributed by atoms with Gasteiger partial charge in [-0.15, -0.1) is 12.4 Å². The summed E-state index contributed by atoms with van der Waals surface area (Å²) < 4.78 is 5.59. The van der Waals surface area contributed by atoms with E-state index in [-0.39, 0.29) is 17.8 Å². The van der Waals surface area contributed by atoms with Gasteiger partial charge in [0.25, 0.3) is 0 Å². The maximum Gasteiger partial charge on any atom is 0.149 e. The third-order valence-corrected chi connectivity index (χ3v) is 2.40. The van der Waals surface area contributed by atoms with E-state index < -0.39 is 0 Å². The smallest absolute Gasteiger partial charge is 0.149 e. The molecule has 0 aliphatic carbocycles. The molecule has 0 radical (unpaired) electrons. The van der Waals surface area contributed by atoms with E-state index in [2.05, 4.69) is 50.1 Å². The van der Waals surface area contributed by atoms with Gasteiger partial charge in [-0.05, 0) is 30.2 Å². The van der Waals surface area contributed by atoms with Crippen molar-refractivity contribution in [1.82, 2.24) is 5.32 Å². The SMILES string of the molecule is CNCC#CCOc1cccc(C(C)(C)C)c1.Cl. The van der Waals surface area contributed by atoms with Crippen LogP contribution >= 0.6 is 12.4 Å². The van der Waals surface area contributed by atoms with Crippen molar-refractivity contribution < 1.29 is 4.74 Å². The lowest BCUT2D eigenvalue weighted by Crippen LogP contribution is -2.11. The summed E-state index contributed by atoms with van der Waals surface area (Å²) in [5.74, 6) is 6.81. The lowest BCUT2D eigenvalue weighted by molar-refractivity contribution is 0.368. The number of hydrogen-bond acceptors (Lipinski definition) is 2. The van der Waals surface area contributed by atoms with E-state index in [1.165, 1.54) is 5.56 Å². The normalized spacial score (nSPS) is 10.0. The quantitative estimate of drug-likeness (QED) is 0.850. The molecule has 0 saturated heterocycles. The molecule has 0 aliphatic heterocycles. The van der Waals surface area contributed by atoms with Crippen molar-refractivity contribution in [2.45, 2.75) is 26.2 Å². The Kier molecular flexibility index (Phi) is 7.50. The zero-order valence-corrected chi connectivity index (χ0v) is 12.4. The van der Waals surface area contributed by atoms with E-state index in [4.69, 9.17) is 4.74 Å². The Balaban J connectivity index is 0.00000289. The summed E-state index contributed by atoms with van der Waals surface area (Å²) in [5.41, 5.74) is 1.43. The van der Waals surface area contributed by atoms with Crippen LogP contribution in [0.2, 0.25) is 0 Å². The monoisotopic (exact) mass is 267 g/mol. The van der Waals surface area contributed by atoms with Crippen molar-refractivity contribution in [3.63, 3.8) is 0 Å². The van der Waals surface area contributed by atoms with E-state index in [1.807, 2.05) is 19.2 Å². The molecule has 0 spiro atoms. The highest BCUT2D eigenvalue weighted by molar-refractivity contribution is 5.85. The van der Waals surface area contributed by atoms with Crippen LogP contribution in [0.15, 0.2) is 24.3 Å². The predicted molar refractivity (Wildman–Crippen MR) is 79.6 cm³/mol. The Morgan fingerprint density at radius 1 is 1.22 bits per heavy atom. The van der Waals surface area contributed by atoms with E-state index in [0.29, 0.717) is 13.2 Å². The number of hydrogen-bond donors (Lipinski definition) is 1. The number of rotatable bonds is 3. The first-order valence-corrected chi connectivity index (χ1v) is 5.87. The van der Waals surface area contributed by atoms with Crippen LogP contribution in [-0.4, -0.2) is 20.2 Å². The number of benzene rings is 1. The largest absolute Gasteiger partial charge is 0.481 e. The molecule has 0 heterocycles. The first-order chi connectivity index (χ1) is 8.04. The molecule has 18 heavy (non-hydrogen) atoms. The average Bonchev–Trinajstić information content (AvgIpc) is 2.28. The molecule has 0 saturated carbocycles. The molecular formula is C15H22ClNO. The van der Waals surface area contributed by atoms with Crippen LogP contribution < -0.4 is 10.1 Å². The first kappa shape index (κ1) is 16.8. The van der Waals surface area contributed by atoms with Gasteiger partial charge >= 0.3 is 0 Å². The predicted octanol–water partition coefficient (Wildman–Crippen LogP) is 3.01. The fourth-order valence-electron chi connectivity index (χ4n) is 1.37. The van der Waals surface area contributed by atoms with E-state index in [0.717, 1.165) is 5.75 Å². The summed E-state index contributed by atoms with van der Waals surface area (Å²) in [5, 5.41) is 2.97. The van der Waals surface area contributed by atoms with Gasteiger partial charge in [-0.1, -0.05) is 44.7 Å². The molecule has 0 aromatic heterocycles. The maximum absolute atomic E-state index is 5.59. The molecule has 0 atom stereocenters. The lowest BCUT2D eigenvalue weighted by atomic mass is 9.87. The highest BCUT2D eigenvalue weighted by Crippen LogP contribution is 2.25. The van der Waals surface area contributed by atoms with Gasteiger partial charge in [-0.25, -0.2) is 0 Å². The van der Waals surface area contributed by atoms with Crippen LogP contribution in [-0.2, 0) is 5.41 Å². The van der Waals surface area contributed by atoms with Crippen molar-refractivity contribution >= 4 is 12.4 Å². The van der Waals surface area contributed by atoms with Crippen LogP contribution in [0, 0.1) is 11.8 Å². The Morgan fingerprint density at radius 3 is 2.56 bits per heavy atom. The molecule has 100 valence electrons. The van der Waals surface area contributed by atoms with Crippen LogP contribution in [0.3, 0.4) is 0 Å². The van der Waals surface area contributed by atoms with Gasteiger partial charge in [0.2, 0.25) is 0 Å². The summed E-state index contributed by atoms with van der Waals surface area (Å²) in [6.07, 6.45) is 0. The first-order valence-electron chi connectivity index (χ1n) is 5.87. The molecule has 0 aliphatic rings. The maximum atomic E-state index is 5.59. The molecule has 1 N–H and O–H groups in total. The van der Waals surface area contributed by atoms with Gasteiger partial charge in [0.15, 0.2) is 0 Å². The second kappa shape index (κ2) is 8.02. The van der Waals surface area contributed by atoms with Crippen molar-refractivity contribution in [1.29, 1.82) is 0 Å². The molecule has 1 rings (SSSR count). The number of nitrogens with one attached hydrogen (secondary N) is 1. The zero-order chi connectivity index (χ0) is 12.7. The van der Waals surface area contributed by atoms with Crippen molar-refractivity contribution in [3.8, 4) is 17.6 Å². The second-order valence-corrected chi connectivity index (χ2v) is 4.95. The van der Waals surface area contributed by atoms with Crippen molar-refractivity contribution in [2.75, 3.05) is 20.2 Å². The molecule has 0 amide bonds.